The molecule has 0 bridgehead atoms. The second-order valence-electron chi connectivity index (χ2n) is 8.98. The molecule has 3 rings (SSSR count). The Kier molecular flexibility index (Phi) is 6.02. The standard InChI is InChI=1S/C26H33NOSi/c1-19-17-20(2)25(27)21(3)24(19)18-28-29(26(4,5)6,22-13-9-7-10-14-22)23-15-11-8-12-16-23/h7-17H,18,27H2,1-6H3. The molecule has 152 valence electrons. The van der Waals surface area contributed by atoms with Gasteiger partial charge in [0.05, 0.1) is 6.61 Å². The smallest absolute Gasteiger partial charge is 0.261 e. The number of aryl methyl sites for hydroxylation is 2. The Bertz CT molecular complexity index is 936. The molecule has 0 fully saturated rings. The number of hydrogen-bond acceptors (Lipinski definition) is 2. The van der Waals surface area contributed by atoms with Gasteiger partial charge in [-0.05, 0) is 58.4 Å². The van der Waals surface area contributed by atoms with Gasteiger partial charge in [0.2, 0.25) is 0 Å². The van der Waals surface area contributed by atoms with Crippen molar-refractivity contribution in [3.05, 3.63) is 89.0 Å². The fourth-order valence-electron chi connectivity index (χ4n) is 4.41. The summed E-state index contributed by atoms with van der Waals surface area (Å²) in [5.74, 6) is 0. The van der Waals surface area contributed by atoms with Crippen molar-refractivity contribution >= 4 is 24.4 Å². The quantitative estimate of drug-likeness (QED) is 0.465. The van der Waals surface area contributed by atoms with E-state index in [0.29, 0.717) is 6.61 Å². The summed E-state index contributed by atoms with van der Waals surface area (Å²) < 4.78 is 7.09. The van der Waals surface area contributed by atoms with Gasteiger partial charge >= 0.3 is 0 Å². The van der Waals surface area contributed by atoms with Crippen LogP contribution in [0.2, 0.25) is 5.04 Å². The molecule has 0 atom stereocenters. The normalized spacial score (nSPS) is 12.2. The number of rotatable bonds is 5. The molecule has 0 aliphatic rings. The molecular formula is C26H33NOSi. The van der Waals surface area contributed by atoms with Crippen LogP contribution in [0.5, 0.6) is 0 Å². The van der Waals surface area contributed by atoms with E-state index in [0.717, 1.165) is 16.8 Å². The van der Waals surface area contributed by atoms with E-state index in [1.165, 1.54) is 21.5 Å². The summed E-state index contributed by atoms with van der Waals surface area (Å²) in [7, 11) is -2.55. The highest BCUT2D eigenvalue weighted by atomic mass is 28.4. The first kappa shape index (κ1) is 21.3. The van der Waals surface area contributed by atoms with Gasteiger partial charge in [0.25, 0.3) is 8.32 Å². The number of benzene rings is 3. The van der Waals surface area contributed by atoms with Crippen molar-refractivity contribution in [1.29, 1.82) is 0 Å². The van der Waals surface area contributed by atoms with Crippen LogP contribution in [0.15, 0.2) is 66.7 Å². The van der Waals surface area contributed by atoms with Crippen molar-refractivity contribution in [3.8, 4) is 0 Å². The van der Waals surface area contributed by atoms with Gasteiger partial charge < -0.3 is 10.2 Å². The van der Waals surface area contributed by atoms with Crippen molar-refractivity contribution in [2.45, 2.75) is 53.2 Å². The lowest BCUT2D eigenvalue weighted by Crippen LogP contribution is -2.66. The number of nitrogen functional groups attached to an aromatic ring is 1. The molecule has 0 aromatic heterocycles. The predicted octanol–water partition coefficient (Wildman–Crippen LogP) is 5.27. The highest BCUT2D eigenvalue weighted by Gasteiger charge is 2.50. The molecule has 0 saturated heterocycles. The zero-order valence-corrected chi connectivity index (χ0v) is 19.5. The summed E-state index contributed by atoms with van der Waals surface area (Å²) in [5.41, 5.74) is 12.0. The summed E-state index contributed by atoms with van der Waals surface area (Å²) in [6.45, 7) is 13.8. The molecule has 29 heavy (non-hydrogen) atoms. The molecule has 0 aliphatic heterocycles. The van der Waals surface area contributed by atoms with Crippen LogP contribution < -0.4 is 16.1 Å². The molecule has 0 spiro atoms. The van der Waals surface area contributed by atoms with Crippen molar-refractivity contribution in [2.75, 3.05) is 5.73 Å². The topological polar surface area (TPSA) is 35.2 Å². The molecule has 0 amide bonds. The highest BCUT2D eigenvalue weighted by Crippen LogP contribution is 2.38. The molecular weight excluding hydrogens is 370 g/mol. The van der Waals surface area contributed by atoms with Crippen molar-refractivity contribution < 1.29 is 4.43 Å². The van der Waals surface area contributed by atoms with Gasteiger partial charge in [-0.25, -0.2) is 0 Å². The second kappa shape index (κ2) is 8.17. The van der Waals surface area contributed by atoms with E-state index in [1.54, 1.807) is 0 Å². The van der Waals surface area contributed by atoms with E-state index in [4.69, 9.17) is 10.2 Å². The minimum atomic E-state index is -2.55. The Morgan fingerprint density at radius 2 is 1.28 bits per heavy atom. The van der Waals surface area contributed by atoms with Crippen LogP contribution in [0.25, 0.3) is 0 Å². The number of hydrogen-bond donors (Lipinski definition) is 1. The van der Waals surface area contributed by atoms with Crippen LogP contribution >= 0.6 is 0 Å². The van der Waals surface area contributed by atoms with E-state index in [1.807, 2.05) is 0 Å². The third-order valence-corrected chi connectivity index (χ3v) is 11.0. The molecule has 0 saturated carbocycles. The molecule has 0 radical (unpaired) electrons. The van der Waals surface area contributed by atoms with Crippen molar-refractivity contribution in [2.24, 2.45) is 0 Å². The Morgan fingerprint density at radius 3 is 1.72 bits per heavy atom. The van der Waals surface area contributed by atoms with E-state index in [9.17, 15) is 0 Å². The second-order valence-corrected chi connectivity index (χ2v) is 13.3. The maximum atomic E-state index is 7.09. The van der Waals surface area contributed by atoms with Gasteiger partial charge in [0, 0.05) is 5.69 Å². The van der Waals surface area contributed by atoms with E-state index in [-0.39, 0.29) is 5.04 Å². The third-order valence-electron chi connectivity index (χ3n) is 6.04. The number of anilines is 1. The fraction of sp³-hybridized carbons (Fsp3) is 0.308. The SMILES string of the molecule is Cc1cc(C)c(CO[Si](c2ccccc2)(c2ccccc2)C(C)(C)C)c(C)c1N. The molecule has 3 aromatic carbocycles. The number of nitrogens with two attached hydrogens (primary N) is 1. The predicted molar refractivity (Wildman–Crippen MR) is 127 cm³/mol. The summed E-state index contributed by atoms with van der Waals surface area (Å²) in [4.78, 5) is 0. The molecule has 3 heteroatoms. The first-order valence-electron chi connectivity index (χ1n) is 10.3. The first-order valence-corrected chi connectivity index (χ1v) is 12.2. The van der Waals surface area contributed by atoms with Crippen molar-refractivity contribution in [1.82, 2.24) is 0 Å². The van der Waals surface area contributed by atoms with Crippen LogP contribution in [0.1, 0.15) is 43.0 Å². The highest BCUT2D eigenvalue weighted by molar-refractivity contribution is 6.99. The van der Waals surface area contributed by atoms with Gasteiger partial charge in [-0.3, -0.25) is 0 Å². The average Bonchev–Trinajstić information content (AvgIpc) is 2.69. The zero-order valence-electron chi connectivity index (χ0n) is 18.5. The largest absolute Gasteiger partial charge is 0.403 e. The van der Waals surface area contributed by atoms with Crippen molar-refractivity contribution in [3.63, 3.8) is 0 Å². The molecule has 0 aliphatic carbocycles. The molecule has 2 nitrogen and oxygen atoms in total. The van der Waals surface area contributed by atoms with Gasteiger partial charge in [0.1, 0.15) is 0 Å². The zero-order chi connectivity index (χ0) is 21.2. The van der Waals surface area contributed by atoms with Crippen LogP contribution in [-0.2, 0) is 11.0 Å². The summed E-state index contributed by atoms with van der Waals surface area (Å²) in [6, 6.07) is 23.7. The first-order chi connectivity index (χ1) is 13.7. The maximum Gasteiger partial charge on any atom is 0.261 e. The minimum Gasteiger partial charge on any atom is -0.403 e. The summed E-state index contributed by atoms with van der Waals surface area (Å²) in [6.07, 6.45) is 0. The van der Waals surface area contributed by atoms with E-state index >= 15 is 0 Å². The molecule has 0 unspecified atom stereocenters. The summed E-state index contributed by atoms with van der Waals surface area (Å²) in [5, 5.41) is 2.57. The van der Waals surface area contributed by atoms with Gasteiger partial charge in [-0.15, -0.1) is 0 Å². The molecule has 0 heterocycles. The van der Waals surface area contributed by atoms with Gasteiger partial charge in [-0.2, -0.15) is 0 Å². The molecule has 2 N–H and O–H groups in total. The Balaban J connectivity index is 2.16. The lowest BCUT2D eigenvalue weighted by Gasteiger charge is -2.43. The minimum absolute atomic E-state index is 0.0340. The Labute approximate surface area is 176 Å². The van der Waals surface area contributed by atoms with E-state index < -0.39 is 8.32 Å². The lowest BCUT2D eigenvalue weighted by atomic mass is 9.98. The van der Waals surface area contributed by atoms with Crippen LogP contribution in [-0.4, -0.2) is 8.32 Å². The fourth-order valence-corrected chi connectivity index (χ4v) is 8.92. The monoisotopic (exact) mass is 403 g/mol. The van der Waals surface area contributed by atoms with Crippen LogP contribution in [0.4, 0.5) is 5.69 Å². The van der Waals surface area contributed by atoms with Crippen LogP contribution in [0.3, 0.4) is 0 Å². The van der Waals surface area contributed by atoms with Gasteiger partial charge in [0.15, 0.2) is 0 Å². The summed E-state index contributed by atoms with van der Waals surface area (Å²) >= 11 is 0. The van der Waals surface area contributed by atoms with Crippen LogP contribution in [0, 0.1) is 20.8 Å². The average molecular weight is 404 g/mol. The van der Waals surface area contributed by atoms with Gasteiger partial charge in [-0.1, -0.05) is 87.5 Å². The van der Waals surface area contributed by atoms with E-state index in [2.05, 4.69) is 108 Å². The molecule has 3 aromatic rings. The maximum absolute atomic E-state index is 7.09. The lowest BCUT2D eigenvalue weighted by molar-refractivity contribution is 0.285. The Hall–Kier alpha value is -2.36. The third kappa shape index (κ3) is 3.90. The Morgan fingerprint density at radius 1 is 0.793 bits per heavy atom.